The first-order chi connectivity index (χ1) is 12.5. The van der Waals surface area contributed by atoms with E-state index in [0.717, 1.165) is 10.9 Å². The van der Waals surface area contributed by atoms with Crippen LogP contribution in [0.5, 0.6) is 5.75 Å². The van der Waals surface area contributed by atoms with Crippen LogP contribution in [0.15, 0.2) is 40.9 Å². The standard InChI is InChI=1S/C20H22BrNO4/c1-4-14-9-10-18(16(21)11-14)26-12-19(23)22-17-8-6-7-15(13(17)3)20(24)25-5-2/h6-11H,4-5,12H2,1-3H3,(H,22,23). The van der Waals surface area contributed by atoms with E-state index in [9.17, 15) is 9.59 Å². The average molecular weight is 420 g/mol. The first-order valence-corrected chi connectivity index (χ1v) is 9.23. The van der Waals surface area contributed by atoms with Crippen molar-refractivity contribution in [1.29, 1.82) is 0 Å². The first-order valence-electron chi connectivity index (χ1n) is 8.44. The zero-order valence-corrected chi connectivity index (χ0v) is 16.7. The highest BCUT2D eigenvalue weighted by Gasteiger charge is 2.14. The van der Waals surface area contributed by atoms with Gasteiger partial charge in [-0.05, 0) is 71.6 Å². The van der Waals surface area contributed by atoms with Gasteiger partial charge in [0.05, 0.1) is 16.6 Å². The molecule has 0 saturated heterocycles. The number of nitrogens with one attached hydrogen (secondary N) is 1. The number of carbonyl (C=O) groups is 2. The predicted molar refractivity (Wildman–Crippen MR) is 105 cm³/mol. The summed E-state index contributed by atoms with van der Waals surface area (Å²) in [6.07, 6.45) is 0.926. The summed E-state index contributed by atoms with van der Waals surface area (Å²) in [7, 11) is 0. The molecular weight excluding hydrogens is 398 g/mol. The van der Waals surface area contributed by atoms with E-state index in [-0.39, 0.29) is 12.5 Å². The zero-order valence-electron chi connectivity index (χ0n) is 15.1. The lowest BCUT2D eigenvalue weighted by Crippen LogP contribution is -2.21. The fraction of sp³-hybridized carbons (Fsp3) is 0.300. The molecule has 0 saturated carbocycles. The maximum absolute atomic E-state index is 12.2. The third kappa shape index (κ3) is 5.08. The van der Waals surface area contributed by atoms with Gasteiger partial charge in [0.2, 0.25) is 0 Å². The molecule has 0 fully saturated rings. The van der Waals surface area contributed by atoms with Crippen molar-refractivity contribution in [3.8, 4) is 5.75 Å². The summed E-state index contributed by atoms with van der Waals surface area (Å²) in [6, 6.07) is 10.9. The lowest BCUT2D eigenvalue weighted by atomic mass is 10.1. The third-order valence-corrected chi connectivity index (χ3v) is 4.49. The van der Waals surface area contributed by atoms with E-state index >= 15 is 0 Å². The summed E-state index contributed by atoms with van der Waals surface area (Å²) in [5.74, 6) is -0.104. The molecule has 0 atom stereocenters. The number of hydrogen-bond donors (Lipinski definition) is 1. The lowest BCUT2D eigenvalue weighted by molar-refractivity contribution is -0.118. The van der Waals surface area contributed by atoms with Crippen LogP contribution < -0.4 is 10.1 Å². The number of halogens is 1. The van der Waals surface area contributed by atoms with E-state index < -0.39 is 5.97 Å². The topological polar surface area (TPSA) is 64.6 Å². The van der Waals surface area contributed by atoms with Gasteiger partial charge in [-0.25, -0.2) is 4.79 Å². The minimum atomic E-state index is -0.405. The lowest BCUT2D eigenvalue weighted by Gasteiger charge is -2.13. The van der Waals surface area contributed by atoms with Crippen molar-refractivity contribution in [1.82, 2.24) is 0 Å². The van der Waals surface area contributed by atoms with Crippen molar-refractivity contribution in [2.75, 3.05) is 18.5 Å². The molecule has 0 unspecified atom stereocenters. The second kappa shape index (κ2) is 9.38. The largest absolute Gasteiger partial charge is 0.483 e. The van der Waals surface area contributed by atoms with Crippen LogP contribution in [0.25, 0.3) is 0 Å². The molecule has 1 amide bonds. The van der Waals surface area contributed by atoms with Crippen LogP contribution in [-0.4, -0.2) is 25.1 Å². The van der Waals surface area contributed by atoms with E-state index in [1.807, 2.05) is 18.2 Å². The van der Waals surface area contributed by atoms with Crippen molar-refractivity contribution < 1.29 is 19.1 Å². The number of rotatable bonds is 7. The van der Waals surface area contributed by atoms with E-state index in [1.165, 1.54) is 5.56 Å². The highest BCUT2D eigenvalue weighted by atomic mass is 79.9. The molecule has 5 nitrogen and oxygen atoms in total. The number of hydrogen-bond acceptors (Lipinski definition) is 4. The molecule has 2 aromatic rings. The summed E-state index contributed by atoms with van der Waals surface area (Å²) >= 11 is 3.45. The fourth-order valence-electron chi connectivity index (χ4n) is 2.41. The average Bonchev–Trinajstić information content (AvgIpc) is 2.62. The molecule has 26 heavy (non-hydrogen) atoms. The monoisotopic (exact) mass is 419 g/mol. The Morgan fingerprint density at radius 3 is 2.58 bits per heavy atom. The van der Waals surface area contributed by atoms with E-state index in [1.54, 1.807) is 32.0 Å². The van der Waals surface area contributed by atoms with Gasteiger partial charge in [0.25, 0.3) is 5.91 Å². The van der Waals surface area contributed by atoms with Gasteiger partial charge < -0.3 is 14.8 Å². The predicted octanol–water partition coefficient (Wildman–Crippen LogP) is 4.51. The van der Waals surface area contributed by atoms with Gasteiger partial charge >= 0.3 is 5.97 Å². The molecule has 138 valence electrons. The molecule has 0 aromatic heterocycles. The number of esters is 1. The number of ether oxygens (including phenoxy) is 2. The second-order valence-corrected chi connectivity index (χ2v) is 6.51. The Hall–Kier alpha value is -2.34. The fourth-order valence-corrected chi connectivity index (χ4v) is 2.95. The quantitative estimate of drug-likeness (QED) is 0.670. The van der Waals surface area contributed by atoms with Crippen molar-refractivity contribution in [2.45, 2.75) is 27.2 Å². The van der Waals surface area contributed by atoms with Gasteiger partial charge in [-0.3, -0.25) is 4.79 Å². The minimum absolute atomic E-state index is 0.132. The smallest absolute Gasteiger partial charge is 0.338 e. The van der Waals surface area contributed by atoms with Crippen LogP contribution >= 0.6 is 15.9 Å². The molecule has 0 aliphatic heterocycles. The van der Waals surface area contributed by atoms with Crippen molar-refractivity contribution >= 4 is 33.5 Å². The van der Waals surface area contributed by atoms with Gasteiger partial charge in [-0.2, -0.15) is 0 Å². The molecule has 0 heterocycles. The molecule has 0 aliphatic carbocycles. The molecule has 6 heteroatoms. The first kappa shape index (κ1) is 20.0. The van der Waals surface area contributed by atoms with Crippen molar-refractivity contribution in [3.05, 3.63) is 57.6 Å². The van der Waals surface area contributed by atoms with Crippen LogP contribution in [0.3, 0.4) is 0 Å². The van der Waals surface area contributed by atoms with Gasteiger partial charge in [0.1, 0.15) is 5.75 Å². The maximum Gasteiger partial charge on any atom is 0.338 e. The molecule has 2 aromatic carbocycles. The molecule has 0 radical (unpaired) electrons. The number of carbonyl (C=O) groups excluding carboxylic acids is 2. The molecule has 0 spiro atoms. The molecule has 0 bridgehead atoms. The number of anilines is 1. The second-order valence-electron chi connectivity index (χ2n) is 5.65. The van der Waals surface area contributed by atoms with Gasteiger partial charge in [0.15, 0.2) is 6.61 Å². The normalized spacial score (nSPS) is 10.3. The van der Waals surface area contributed by atoms with Crippen molar-refractivity contribution in [2.24, 2.45) is 0 Å². The van der Waals surface area contributed by atoms with Crippen LogP contribution in [0.1, 0.15) is 35.3 Å². The Bertz CT molecular complexity index is 804. The molecule has 2 rings (SSSR count). The Balaban J connectivity index is 2.02. The van der Waals surface area contributed by atoms with Crippen LogP contribution in [-0.2, 0) is 16.0 Å². The highest BCUT2D eigenvalue weighted by molar-refractivity contribution is 9.10. The Morgan fingerprint density at radius 2 is 1.92 bits per heavy atom. The number of aryl methyl sites for hydroxylation is 1. The summed E-state index contributed by atoms with van der Waals surface area (Å²) in [4.78, 5) is 24.2. The SMILES string of the molecule is CCOC(=O)c1cccc(NC(=O)COc2ccc(CC)cc2Br)c1C. The third-order valence-electron chi connectivity index (χ3n) is 3.87. The van der Waals surface area contributed by atoms with Crippen LogP contribution in [0, 0.1) is 6.92 Å². The van der Waals surface area contributed by atoms with Crippen LogP contribution in [0.4, 0.5) is 5.69 Å². The van der Waals surface area contributed by atoms with E-state index in [2.05, 4.69) is 28.2 Å². The van der Waals surface area contributed by atoms with Gasteiger partial charge in [0, 0.05) is 5.69 Å². The van der Waals surface area contributed by atoms with Crippen LogP contribution in [0.2, 0.25) is 0 Å². The Labute approximate surface area is 161 Å². The summed E-state index contributed by atoms with van der Waals surface area (Å²) in [6.45, 7) is 5.76. The Morgan fingerprint density at radius 1 is 1.15 bits per heavy atom. The van der Waals surface area contributed by atoms with Gasteiger partial charge in [-0.1, -0.05) is 19.1 Å². The summed E-state index contributed by atoms with van der Waals surface area (Å²) in [5, 5.41) is 2.77. The summed E-state index contributed by atoms with van der Waals surface area (Å²) < 4.78 is 11.4. The Kier molecular flexibility index (Phi) is 7.21. The van der Waals surface area contributed by atoms with E-state index in [0.29, 0.717) is 29.2 Å². The highest BCUT2D eigenvalue weighted by Crippen LogP contribution is 2.26. The van der Waals surface area contributed by atoms with Crippen molar-refractivity contribution in [3.63, 3.8) is 0 Å². The zero-order chi connectivity index (χ0) is 19.1. The molecule has 1 N–H and O–H groups in total. The number of benzene rings is 2. The molecular formula is C20H22BrNO4. The van der Waals surface area contributed by atoms with E-state index in [4.69, 9.17) is 9.47 Å². The summed E-state index contributed by atoms with van der Waals surface area (Å²) in [5.41, 5.74) is 2.83. The number of amides is 1. The van der Waals surface area contributed by atoms with Gasteiger partial charge in [-0.15, -0.1) is 0 Å². The minimum Gasteiger partial charge on any atom is -0.483 e. The molecule has 0 aliphatic rings. The maximum atomic E-state index is 12.2.